The van der Waals surface area contributed by atoms with Crippen LogP contribution in [0.5, 0.6) is 11.5 Å². The van der Waals surface area contributed by atoms with Crippen molar-refractivity contribution in [1.29, 1.82) is 0 Å². The molecule has 3 rings (SSSR count). The molecule has 138 valence electrons. The number of nitrogens with one attached hydrogen (secondary N) is 4. The molecule has 1 aliphatic heterocycles. The third-order valence-corrected chi connectivity index (χ3v) is 4.08. The van der Waals surface area contributed by atoms with Gasteiger partial charge in [-0.2, -0.15) is 0 Å². The molecule has 0 saturated carbocycles. The fourth-order valence-corrected chi connectivity index (χ4v) is 2.72. The topological polar surface area (TPSA) is 83.7 Å². The molecule has 2 aromatic rings. The first-order chi connectivity index (χ1) is 12.7. The number of rotatable bonds is 7. The molecule has 2 unspecified atom stereocenters. The van der Waals surface area contributed by atoms with E-state index in [1.807, 2.05) is 55.5 Å². The van der Waals surface area contributed by atoms with Gasteiger partial charge < -0.3 is 20.1 Å². The van der Waals surface area contributed by atoms with E-state index < -0.39 is 6.29 Å². The molecular formula is C19H24N4O3. The second-order valence-corrected chi connectivity index (χ2v) is 5.94. The van der Waals surface area contributed by atoms with Crippen LogP contribution in [0.1, 0.15) is 12.5 Å². The first kappa shape index (κ1) is 18.0. The van der Waals surface area contributed by atoms with Crippen molar-refractivity contribution in [2.24, 2.45) is 0 Å². The van der Waals surface area contributed by atoms with Crippen LogP contribution in [-0.4, -0.2) is 32.0 Å². The second-order valence-electron chi connectivity index (χ2n) is 5.94. The first-order valence-corrected chi connectivity index (χ1v) is 8.61. The number of ether oxygens (including phenoxy) is 2. The van der Waals surface area contributed by atoms with Crippen LogP contribution in [0.3, 0.4) is 0 Å². The Bertz CT molecular complexity index is 719. The number of anilines is 1. The van der Waals surface area contributed by atoms with Gasteiger partial charge in [0, 0.05) is 5.69 Å². The van der Waals surface area contributed by atoms with E-state index in [-0.39, 0.29) is 11.9 Å². The molecule has 1 aliphatic rings. The van der Waals surface area contributed by atoms with Crippen LogP contribution in [-0.2, 0) is 11.2 Å². The van der Waals surface area contributed by atoms with Gasteiger partial charge in [-0.15, -0.1) is 0 Å². The van der Waals surface area contributed by atoms with E-state index in [1.54, 1.807) is 7.11 Å². The molecule has 0 aliphatic carbocycles. The molecule has 1 saturated heterocycles. The van der Waals surface area contributed by atoms with E-state index in [2.05, 4.69) is 21.5 Å². The lowest BCUT2D eigenvalue weighted by molar-refractivity contribution is -0.126. The number of hydrogen-bond acceptors (Lipinski definition) is 6. The lowest BCUT2D eigenvalue weighted by atomic mass is 10.1. The molecular weight excluding hydrogens is 332 g/mol. The largest absolute Gasteiger partial charge is 0.497 e. The van der Waals surface area contributed by atoms with Gasteiger partial charge in [0.05, 0.1) is 13.7 Å². The van der Waals surface area contributed by atoms with Crippen molar-refractivity contribution in [3.63, 3.8) is 0 Å². The minimum atomic E-state index is -0.396. The zero-order chi connectivity index (χ0) is 18.4. The van der Waals surface area contributed by atoms with E-state index in [0.717, 1.165) is 22.7 Å². The molecule has 26 heavy (non-hydrogen) atoms. The molecule has 2 aromatic carbocycles. The highest BCUT2D eigenvalue weighted by molar-refractivity contribution is 5.83. The maximum absolute atomic E-state index is 12.4. The quantitative estimate of drug-likeness (QED) is 0.604. The molecule has 0 spiro atoms. The lowest BCUT2D eigenvalue weighted by Crippen LogP contribution is -2.68. The molecule has 2 atom stereocenters. The SMILES string of the molecule is CCOc1ccc(CC2NNC(Nc3ccc(OC)cc3)NC2=O)cc1. The van der Waals surface area contributed by atoms with E-state index in [0.29, 0.717) is 13.0 Å². The van der Waals surface area contributed by atoms with Crippen molar-refractivity contribution in [1.82, 2.24) is 16.2 Å². The Hall–Kier alpha value is -2.77. The van der Waals surface area contributed by atoms with Gasteiger partial charge in [0.2, 0.25) is 5.91 Å². The number of hydrogen-bond donors (Lipinski definition) is 4. The molecule has 1 amide bonds. The van der Waals surface area contributed by atoms with Crippen molar-refractivity contribution in [2.45, 2.75) is 25.7 Å². The Kier molecular flexibility index (Phi) is 5.93. The van der Waals surface area contributed by atoms with Gasteiger partial charge in [-0.05, 0) is 55.3 Å². The minimum absolute atomic E-state index is 0.0661. The molecule has 1 heterocycles. The van der Waals surface area contributed by atoms with Gasteiger partial charge in [0.25, 0.3) is 0 Å². The van der Waals surface area contributed by atoms with Crippen LogP contribution in [0.4, 0.5) is 5.69 Å². The van der Waals surface area contributed by atoms with E-state index in [4.69, 9.17) is 9.47 Å². The summed E-state index contributed by atoms with van der Waals surface area (Å²) in [5, 5.41) is 6.11. The summed E-state index contributed by atoms with van der Waals surface area (Å²) < 4.78 is 10.6. The van der Waals surface area contributed by atoms with E-state index in [9.17, 15) is 4.79 Å². The van der Waals surface area contributed by atoms with Gasteiger partial charge in [-0.25, -0.2) is 10.9 Å². The summed E-state index contributed by atoms with van der Waals surface area (Å²) >= 11 is 0. The number of hydrazine groups is 1. The highest BCUT2D eigenvalue weighted by atomic mass is 16.5. The smallest absolute Gasteiger partial charge is 0.241 e. The van der Waals surface area contributed by atoms with E-state index >= 15 is 0 Å². The van der Waals surface area contributed by atoms with Gasteiger partial charge in [0.15, 0.2) is 6.29 Å². The van der Waals surface area contributed by atoms with Gasteiger partial charge in [-0.3, -0.25) is 4.79 Å². The van der Waals surface area contributed by atoms with Crippen LogP contribution in [0.2, 0.25) is 0 Å². The maximum atomic E-state index is 12.4. The van der Waals surface area contributed by atoms with Crippen molar-refractivity contribution in [3.05, 3.63) is 54.1 Å². The van der Waals surface area contributed by atoms with Crippen LogP contribution in [0.25, 0.3) is 0 Å². The van der Waals surface area contributed by atoms with Crippen LogP contribution < -0.4 is 31.0 Å². The molecule has 7 heteroatoms. The summed E-state index contributed by atoms with van der Waals surface area (Å²) in [5.74, 6) is 1.55. The molecule has 1 fully saturated rings. The predicted molar refractivity (Wildman–Crippen MR) is 99.9 cm³/mol. The van der Waals surface area contributed by atoms with Crippen LogP contribution in [0.15, 0.2) is 48.5 Å². The number of carbonyl (C=O) groups is 1. The highest BCUT2D eigenvalue weighted by Gasteiger charge is 2.27. The average molecular weight is 356 g/mol. The summed E-state index contributed by atoms with van der Waals surface area (Å²) in [5.41, 5.74) is 8.08. The fraction of sp³-hybridized carbons (Fsp3) is 0.316. The molecule has 0 radical (unpaired) electrons. The summed E-state index contributed by atoms with van der Waals surface area (Å²) in [6.45, 7) is 2.59. The second kappa shape index (κ2) is 8.55. The summed E-state index contributed by atoms with van der Waals surface area (Å²) in [7, 11) is 1.62. The average Bonchev–Trinajstić information content (AvgIpc) is 2.66. The van der Waals surface area contributed by atoms with Crippen LogP contribution >= 0.6 is 0 Å². The zero-order valence-electron chi connectivity index (χ0n) is 14.9. The molecule has 0 bridgehead atoms. The summed E-state index contributed by atoms with van der Waals surface area (Å²) in [6.07, 6.45) is 0.188. The third-order valence-electron chi connectivity index (χ3n) is 4.08. The summed E-state index contributed by atoms with van der Waals surface area (Å²) in [4.78, 5) is 12.4. The number of benzene rings is 2. The molecule has 0 aromatic heterocycles. The standard InChI is InChI=1S/C19H24N4O3/c1-3-26-16-8-4-13(5-9-16)12-17-18(24)21-19(23-22-17)20-14-6-10-15(25-2)11-7-14/h4-11,17,19-20,22-23H,3,12H2,1-2H3,(H,21,24). The predicted octanol–water partition coefficient (Wildman–Crippen LogP) is 1.62. The maximum Gasteiger partial charge on any atom is 0.241 e. The van der Waals surface area contributed by atoms with Crippen molar-refractivity contribution < 1.29 is 14.3 Å². The first-order valence-electron chi connectivity index (χ1n) is 8.61. The van der Waals surface area contributed by atoms with Gasteiger partial charge in [-0.1, -0.05) is 12.1 Å². The van der Waals surface area contributed by atoms with Crippen LogP contribution in [0, 0.1) is 0 Å². The van der Waals surface area contributed by atoms with E-state index in [1.165, 1.54) is 0 Å². The Labute approximate surface area is 153 Å². The zero-order valence-corrected chi connectivity index (χ0v) is 14.9. The normalized spacial score (nSPS) is 19.5. The fourth-order valence-electron chi connectivity index (χ4n) is 2.72. The van der Waals surface area contributed by atoms with Crippen molar-refractivity contribution in [3.8, 4) is 11.5 Å². The highest BCUT2D eigenvalue weighted by Crippen LogP contribution is 2.16. The van der Waals surface area contributed by atoms with Crippen molar-refractivity contribution in [2.75, 3.05) is 19.0 Å². The molecule has 4 N–H and O–H groups in total. The monoisotopic (exact) mass is 356 g/mol. The van der Waals surface area contributed by atoms with Gasteiger partial charge in [0.1, 0.15) is 17.5 Å². The third kappa shape index (κ3) is 4.65. The molecule has 7 nitrogen and oxygen atoms in total. The Morgan fingerprint density at radius 3 is 2.31 bits per heavy atom. The van der Waals surface area contributed by atoms with Gasteiger partial charge >= 0.3 is 0 Å². The summed E-state index contributed by atoms with van der Waals surface area (Å²) in [6, 6.07) is 14.9. The number of methoxy groups -OCH3 is 1. The number of carbonyl (C=O) groups excluding carboxylic acids is 1. The lowest BCUT2D eigenvalue weighted by Gasteiger charge is -2.32. The number of amides is 1. The van der Waals surface area contributed by atoms with Crippen molar-refractivity contribution >= 4 is 11.6 Å². The Morgan fingerprint density at radius 2 is 1.69 bits per heavy atom. The Balaban J connectivity index is 1.52. The Morgan fingerprint density at radius 1 is 1.00 bits per heavy atom. The minimum Gasteiger partial charge on any atom is -0.497 e.